The highest BCUT2D eigenvalue weighted by Crippen LogP contribution is 2.28. The molecule has 0 spiro atoms. The van der Waals surface area contributed by atoms with Crippen LogP contribution in [0, 0.1) is 12.8 Å². The minimum atomic E-state index is -0.135. The third kappa shape index (κ3) is 5.87. The number of carbonyl (C=O) groups is 1. The molecule has 1 aromatic carbocycles. The van der Waals surface area contributed by atoms with Gasteiger partial charge < -0.3 is 10.6 Å². The normalized spacial score (nSPS) is 12.3. The largest absolute Gasteiger partial charge is 0.338 e. The van der Waals surface area contributed by atoms with Gasteiger partial charge in [0.1, 0.15) is 0 Å². The second-order valence-corrected chi connectivity index (χ2v) is 7.05. The zero-order chi connectivity index (χ0) is 15.1. The second-order valence-electron chi connectivity index (χ2n) is 5.54. The van der Waals surface area contributed by atoms with Crippen molar-refractivity contribution in [1.82, 2.24) is 5.32 Å². The maximum Gasteiger partial charge on any atom is 0.319 e. The van der Waals surface area contributed by atoms with E-state index in [1.54, 1.807) is 0 Å². The van der Waals surface area contributed by atoms with Crippen LogP contribution < -0.4 is 10.6 Å². The Labute approximate surface area is 126 Å². The van der Waals surface area contributed by atoms with Gasteiger partial charge in [0.15, 0.2) is 0 Å². The Hall–Kier alpha value is -1.16. The van der Waals surface area contributed by atoms with E-state index < -0.39 is 0 Å². The number of hydrogen-bond donors (Lipinski definition) is 2. The lowest BCUT2D eigenvalue weighted by molar-refractivity contribution is 0.251. The molecule has 0 aliphatic heterocycles. The molecule has 2 N–H and O–H groups in total. The van der Waals surface area contributed by atoms with Crippen LogP contribution in [0.25, 0.3) is 0 Å². The Morgan fingerprint density at radius 3 is 2.55 bits per heavy atom. The zero-order valence-electron chi connectivity index (χ0n) is 13.1. The molecule has 1 atom stereocenters. The van der Waals surface area contributed by atoms with Crippen molar-refractivity contribution in [3.63, 3.8) is 0 Å². The maximum absolute atomic E-state index is 11.8. The van der Waals surface area contributed by atoms with Crippen molar-refractivity contribution >= 4 is 23.5 Å². The number of benzene rings is 1. The van der Waals surface area contributed by atoms with E-state index in [4.69, 9.17) is 0 Å². The van der Waals surface area contributed by atoms with E-state index in [1.165, 1.54) is 4.90 Å². The minimum absolute atomic E-state index is 0.135. The Balaban J connectivity index is 2.61. The van der Waals surface area contributed by atoms with Crippen molar-refractivity contribution in [2.24, 2.45) is 5.92 Å². The molecule has 4 heteroatoms. The second kappa shape index (κ2) is 8.20. The molecule has 0 heterocycles. The predicted octanol–water partition coefficient (Wildman–Crippen LogP) is 4.66. The van der Waals surface area contributed by atoms with Crippen molar-refractivity contribution in [3.8, 4) is 0 Å². The first kappa shape index (κ1) is 16.9. The summed E-state index contributed by atoms with van der Waals surface area (Å²) in [6.45, 7) is 11.3. The Morgan fingerprint density at radius 2 is 2.00 bits per heavy atom. The van der Waals surface area contributed by atoms with Crippen LogP contribution >= 0.6 is 11.8 Å². The summed E-state index contributed by atoms with van der Waals surface area (Å²) in [6, 6.07) is 6.05. The van der Waals surface area contributed by atoms with E-state index in [0.29, 0.717) is 17.7 Å². The molecule has 0 bridgehead atoms. The van der Waals surface area contributed by atoms with Crippen LogP contribution in [0.5, 0.6) is 0 Å². The highest BCUT2D eigenvalue weighted by atomic mass is 32.2. The standard InChI is InChI=1S/C16H26N2OS/c1-6-13(5)20-14-7-8-15(12(4)9-14)18-16(19)17-10-11(2)3/h7-9,11,13H,6,10H2,1-5H3,(H2,17,18,19). The topological polar surface area (TPSA) is 41.1 Å². The minimum Gasteiger partial charge on any atom is -0.338 e. The number of thioether (sulfide) groups is 1. The van der Waals surface area contributed by atoms with Crippen LogP contribution in [0.1, 0.15) is 39.7 Å². The summed E-state index contributed by atoms with van der Waals surface area (Å²) >= 11 is 1.87. The van der Waals surface area contributed by atoms with E-state index in [9.17, 15) is 4.79 Å². The van der Waals surface area contributed by atoms with Gasteiger partial charge in [-0.25, -0.2) is 4.79 Å². The van der Waals surface area contributed by atoms with Crippen molar-refractivity contribution in [3.05, 3.63) is 23.8 Å². The third-order valence-corrected chi connectivity index (χ3v) is 4.29. The van der Waals surface area contributed by atoms with Gasteiger partial charge in [-0.1, -0.05) is 27.7 Å². The van der Waals surface area contributed by atoms with Gasteiger partial charge in [0, 0.05) is 22.4 Å². The fourth-order valence-electron chi connectivity index (χ4n) is 1.63. The number of anilines is 1. The van der Waals surface area contributed by atoms with Gasteiger partial charge >= 0.3 is 6.03 Å². The van der Waals surface area contributed by atoms with Gasteiger partial charge in [-0.2, -0.15) is 0 Å². The van der Waals surface area contributed by atoms with Crippen LogP contribution in [0.15, 0.2) is 23.1 Å². The first-order valence-electron chi connectivity index (χ1n) is 7.24. The summed E-state index contributed by atoms with van der Waals surface area (Å²) < 4.78 is 0. The van der Waals surface area contributed by atoms with Gasteiger partial charge in [-0.15, -0.1) is 11.8 Å². The monoisotopic (exact) mass is 294 g/mol. The third-order valence-electron chi connectivity index (χ3n) is 3.03. The first-order chi connectivity index (χ1) is 9.42. The molecular weight excluding hydrogens is 268 g/mol. The first-order valence-corrected chi connectivity index (χ1v) is 8.12. The van der Waals surface area contributed by atoms with E-state index in [1.807, 2.05) is 24.8 Å². The molecule has 0 saturated heterocycles. The molecule has 0 radical (unpaired) electrons. The summed E-state index contributed by atoms with van der Waals surface area (Å²) in [5.74, 6) is 0.455. The number of carbonyl (C=O) groups excluding carboxylic acids is 1. The highest BCUT2D eigenvalue weighted by molar-refractivity contribution is 7.99. The number of rotatable bonds is 6. The smallest absolute Gasteiger partial charge is 0.319 e. The van der Waals surface area contributed by atoms with Crippen LogP contribution in [0.4, 0.5) is 10.5 Å². The highest BCUT2D eigenvalue weighted by Gasteiger charge is 2.07. The van der Waals surface area contributed by atoms with Crippen molar-refractivity contribution < 1.29 is 4.79 Å². The van der Waals surface area contributed by atoms with Crippen LogP contribution in [0.2, 0.25) is 0 Å². The lowest BCUT2D eigenvalue weighted by Gasteiger charge is -2.13. The molecule has 1 aromatic rings. The van der Waals surface area contributed by atoms with E-state index in [2.05, 4.69) is 50.5 Å². The van der Waals surface area contributed by atoms with Crippen molar-refractivity contribution in [2.45, 2.75) is 51.2 Å². The molecule has 0 aliphatic carbocycles. The number of amides is 2. The Morgan fingerprint density at radius 1 is 1.30 bits per heavy atom. The molecule has 0 aromatic heterocycles. The number of hydrogen-bond acceptors (Lipinski definition) is 2. The fraction of sp³-hybridized carbons (Fsp3) is 0.562. The summed E-state index contributed by atoms with van der Waals surface area (Å²) in [5.41, 5.74) is 1.97. The maximum atomic E-state index is 11.8. The molecule has 0 aliphatic rings. The van der Waals surface area contributed by atoms with Crippen LogP contribution in [-0.4, -0.2) is 17.8 Å². The average molecular weight is 294 g/mol. The van der Waals surface area contributed by atoms with Gasteiger partial charge in [-0.05, 0) is 43.0 Å². The zero-order valence-corrected chi connectivity index (χ0v) is 13.9. The van der Waals surface area contributed by atoms with Crippen LogP contribution in [-0.2, 0) is 0 Å². The molecule has 20 heavy (non-hydrogen) atoms. The Kier molecular flexibility index (Phi) is 6.93. The summed E-state index contributed by atoms with van der Waals surface area (Å²) in [6.07, 6.45) is 1.15. The molecule has 1 unspecified atom stereocenters. The van der Waals surface area contributed by atoms with Gasteiger partial charge in [0.2, 0.25) is 0 Å². The number of aryl methyl sites for hydroxylation is 1. The average Bonchev–Trinajstić information content (AvgIpc) is 2.39. The predicted molar refractivity (Wildman–Crippen MR) is 88.6 cm³/mol. The molecule has 3 nitrogen and oxygen atoms in total. The van der Waals surface area contributed by atoms with E-state index in [0.717, 1.165) is 17.7 Å². The van der Waals surface area contributed by atoms with Crippen LogP contribution in [0.3, 0.4) is 0 Å². The fourth-order valence-corrected chi connectivity index (χ4v) is 2.65. The van der Waals surface area contributed by atoms with E-state index in [-0.39, 0.29) is 6.03 Å². The summed E-state index contributed by atoms with van der Waals surface area (Å²) in [4.78, 5) is 13.0. The Bertz CT molecular complexity index is 446. The number of urea groups is 1. The molecule has 2 amide bonds. The molecular formula is C16H26N2OS. The molecule has 1 rings (SSSR count). The van der Waals surface area contributed by atoms with Gasteiger partial charge in [0.05, 0.1) is 0 Å². The lowest BCUT2D eigenvalue weighted by Crippen LogP contribution is -2.31. The lowest BCUT2D eigenvalue weighted by atomic mass is 10.2. The van der Waals surface area contributed by atoms with Crippen molar-refractivity contribution in [1.29, 1.82) is 0 Å². The van der Waals surface area contributed by atoms with Crippen molar-refractivity contribution in [2.75, 3.05) is 11.9 Å². The summed E-state index contributed by atoms with van der Waals surface area (Å²) in [7, 11) is 0. The molecule has 0 fully saturated rings. The SMILES string of the molecule is CCC(C)Sc1ccc(NC(=O)NCC(C)C)c(C)c1. The number of nitrogens with one attached hydrogen (secondary N) is 2. The van der Waals surface area contributed by atoms with Gasteiger partial charge in [0.25, 0.3) is 0 Å². The van der Waals surface area contributed by atoms with Gasteiger partial charge in [-0.3, -0.25) is 0 Å². The molecule has 112 valence electrons. The summed E-state index contributed by atoms with van der Waals surface area (Å²) in [5, 5.41) is 6.37. The van der Waals surface area contributed by atoms with E-state index >= 15 is 0 Å². The quantitative estimate of drug-likeness (QED) is 0.749. The molecule has 0 saturated carbocycles.